The van der Waals surface area contributed by atoms with E-state index in [9.17, 15) is 17.2 Å². The van der Waals surface area contributed by atoms with E-state index in [1.807, 2.05) is 20.8 Å². The lowest BCUT2D eigenvalue weighted by molar-refractivity contribution is 0.266. The molecule has 0 unspecified atom stereocenters. The van der Waals surface area contributed by atoms with E-state index in [-0.39, 0.29) is 18.0 Å². The van der Waals surface area contributed by atoms with E-state index < -0.39 is 27.1 Å². The molecule has 0 aromatic heterocycles. The second kappa shape index (κ2) is 6.81. The average molecular weight is 320 g/mol. The van der Waals surface area contributed by atoms with Gasteiger partial charge >= 0.3 is 0 Å². The van der Waals surface area contributed by atoms with Gasteiger partial charge < -0.3 is 5.73 Å². The fourth-order valence-corrected chi connectivity index (χ4v) is 3.67. The zero-order valence-corrected chi connectivity index (χ0v) is 13.4. The molecule has 0 aliphatic heterocycles. The van der Waals surface area contributed by atoms with E-state index in [4.69, 9.17) is 5.73 Å². The number of sulfonamides is 1. The van der Waals surface area contributed by atoms with Crippen molar-refractivity contribution >= 4 is 10.0 Å². The highest BCUT2D eigenvalue weighted by molar-refractivity contribution is 7.89. The molecule has 0 spiro atoms. The quantitative estimate of drug-likeness (QED) is 0.839. The Kier molecular flexibility index (Phi) is 5.83. The molecule has 120 valence electrons. The molecule has 0 bridgehead atoms. The van der Waals surface area contributed by atoms with Gasteiger partial charge in [0.25, 0.3) is 0 Å². The third-order valence-corrected chi connectivity index (χ3v) is 4.93. The first-order valence-corrected chi connectivity index (χ1v) is 8.23. The van der Waals surface area contributed by atoms with E-state index in [1.165, 1.54) is 4.31 Å². The predicted molar refractivity (Wildman–Crippen MR) is 78.2 cm³/mol. The van der Waals surface area contributed by atoms with Crippen LogP contribution < -0.4 is 5.73 Å². The summed E-state index contributed by atoms with van der Waals surface area (Å²) in [5, 5.41) is 0. The van der Waals surface area contributed by atoms with Crippen molar-refractivity contribution in [3.63, 3.8) is 0 Å². The maximum atomic E-state index is 13.3. The zero-order chi connectivity index (χ0) is 16.3. The second-order valence-electron chi connectivity index (χ2n) is 5.81. The summed E-state index contributed by atoms with van der Waals surface area (Å²) in [5.41, 5.74) is 5.22. The molecule has 1 aromatic carbocycles. The van der Waals surface area contributed by atoms with Gasteiger partial charge in [-0.25, -0.2) is 17.2 Å². The van der Waals surface area contributed by atoms with Gasteiger partial charge in [-0.1, -0.05) is 20.8 Å². The van der Waals surface area contributed by atoms with E-state index in [2.05, 4.69) is 0 Å². The standard InChI is InChI=1S/C14H22F2N2O2S/c1-4-5-18(10-14(2,3)9-17)21(19,20)13-7-11(15)6-12(16)8-13/h6-8H,4-5,9-10,17H2,1-3H3. The Morgan fingerprint density at radius 1 is 1.19 bits per heavy atom. The largest absolute Gasteiger partial charge is 0.330 e. The van der Waals surface area contributed by atoms with Gasteiger partial charge in [-0.15, -0.1) is 0 Å². The Hall–Kier alpha value is -1.05. The summed E-state index contributed by atoms with van der Waals surface area (Å²) >= 11 is 0. The second-order valence-corrected chi connectivity index (χ2v) is 7.75. The van der Waals surface area contributed by atoms with E-state index in [0.717, 1.165) is 12.1 Å². The first-order valence-electron chi connectivity index (χ1n) is 6.78. The zero-order valence-electron chi connectivity index (χ0n) is 12.6. The minimum Gasteiger partial charge on any atom is -0.330 e. The molecule has 4 nitrogen and oxygen atoms in total. The van der Waals surface area contributed by atoms with Crippen molar-refractivity contribution in [1.82, 2.24) is 4.31 Å². The molecule has 0 aliphatic carbocycles. The van der Waals surface area contributed by atoms with Crippen LogP contribution in [0.4, 0.5) is 8.78 Å². The summed E-state index contributed by atoms with van der Waals surface area (Å²) in [4.78, 5) is -0.374. The molecular formula is C14H22F2N2O2S. The molecule has 0 radical (unpaired) electrons. The number of hydrogen-bond donors (Lipinski definition) is 1. The maximum Gasteiger partial charge on any atom is 0.243 e. The van der Waals surface area contributed by atoms with Gasteiger partial charge in [0.2, 0.25) is 10.0 Å². The van der Waals surface area contributed by atoms with E-state index >= 15 is 0 Å². The third kappa shape index (κ3) is 4.72. The molecule has 0 saturated heterocycles. The summed E-state index contributed by atoms with van der Waals surface area (Å²) in [6.45, 7) is 6.29. The Bertz CT molecular complexity index is 568. The Morgan fingerprint density at radius 2 is 1.71 bits per heavy atom. The minimum atomic E-state index is -3.95. The number of nitrogens with zero attached hydrogens (tertiary/aromatic N) is 1. The fraction of sp³-hybridized carbons (Fsp3) is 0.571. The molecule has 21 heavy (non-hydrogen) atoms. The highest BCUT2D eigenvalue weighted by Gasteiger charge is 2.30. The van der Waals surface area contributed by atoms with Gasteiger partial charge in [-0.05, 0) is 30.5 Å². The van der Waals surface area contributed by atoms with Crippen LogP contribution in [0.1, 0.15) is 27.2 Å². The van der Waals surface area contributed by atoms with Gasteiger partial charge in [0.05, 0.1) is 4.90 Å². The highest BCUT2D eigenvalue weighted by Crippen LogP contribution is 2.23. The van der Waals surface area contributed by atoms with Gasteiger partial charge in [0.15, 0.2) is 0 Å². The van der Waals surface area contributed by atoms with Crippen LogP contribution in [0, 0.1) is 17.0 Å². The predicted octanol–water partition coefficient (Wildman–Crippen LogP) is 2.35. The summed E-state index contributed by atoms with van der Waals surface area (Å²) in [6, 6.07) is 2.31. The lowest BCUT2D eigenvalue weighted by atomic mass is 9.94. The van der Waals surface area contributed by atoms with E-state index in [1.54, 1.807) is 0 Å². The van der Waals surface area contributed by atoms with E-state index in [0.29, 0.717) is 19.0 Å². The molecule has 0 heterocycles. The van der Waals surface area contributed by atoms with Crippen molar-refractivity contribution in [3.05, 3.63) is 29.8 Å². The van der Waals surface area contributed by atoms with Crippen molar-refractivity contribution in [1.29, 1.82) is 0 Å². The topological polar surface area (TPSA) is 63.4 Å². The van der Waals surface area contributed by atoms with Crippen molar-refractivity contribution < 1.29 is 17.2 Å². The first kappa shape index (κ1) is 18.0. The van der Waals surface area contributed by atoms with Crippen LogP contribution in [0.3, 0.4) is 0 Å². The fourth-order valence-electron chi connectivity index (χ4n) is 1.90. The third-order valence-electron chi connectivity index (χ3n) is 3.10. The molecular weight excluding hydrogens is 298 g/mol. The van der Waals surface area contributed by atoms with Crippen LogP contribution in [0.15, 0.2) is 23.1 Å². The molecule has 0 amide bonds. The van der Waals surface area contributed by atoms with Crippen molar-refractivity contribution in [2.75, 3.05) is 19.6 Å². The van der Waals surface area contributed by atoms with Gasteiger partial charge in [0.1, 0.15) is 11.6 Å². The van der Waals surface area contributed by atoms with Crippen LogP contribution in [-0.4, -0.2) is 32.4 Å². The van der Waals surface area contributed by atoms with Gasteiger partial charge in [-0.3, -0.25) is 0 Å². The molecule has 1 rings (SSSR count). The summed E-state index contributed by atoms with van der Waals surface area (Å²) in [7, 11) is -3.95. The number of benzene rings is 1. The molecule has 0 aliphatic rings. The van der Waals surface area contributed by atoms with Crippen LogP contribution in [0.2, 0.25) is 0 Å². The van der Waals surface area contributed by atoms with Crippen LogP contribution in [0.25, 0.3) is 0 Å². The smallest absolute Gasteiger partial charge is 0.243 e. The normalized spacial score (nSPS) is 12.9. The average Bonchev–Trinajstić information content (AvgIpc) is 2.37. The van der Waals surface area contributed by atoms with Crippen molar-refractivity contribution in [2.24, 2.45) is 11.1 Å². The van der Waals surface area contributed by atoms with Crippen molar-refractivity contribution in [2.45, 2.75) is 32.1 Å². The number of hydrogen-bond acceptors (Lipinski definition) is 3. The molecule has 0 fully saturated rings. The lowest BCUT2D eigenvalue weighted by Gasteiger charge is -2.31. The summed E-state index contributed by atoms with van der Waals surface area (Å²) in [5.74, 6) is -1.83. The van der Waals surface area contributed by atoms with Crippen molar-refractivity contribution in [3.8, 4) is 0 Å². The van der Waals surface area contributed by atoms with Crippen LogP contribution >= 0.6 is 0 Å². The molecule has 0 saturated carbocycles. The van der Waals surface area contributed by atoms with Gasteiger partial charge in [0, 0.05) is 19.2 Å². The first-order chi connectivity index (χ1) is 9.62. The van der Waals surface area contributed by atoms with Crippen LogP contribution in [-0.2, 0) is 10.0 Å². The SMILES string of the molecule is CCCN(CC(C)(C)CN)S(=O)(=O)c1cc(F)cc(F)c1. The summed E-state index contributed by atoms with van der Waals surface area (Å²) < 4.78 is 52.9. The monoisotopic (exact) mass is 320 g/mol. The highest BCUT2D eigenvalue weighted by atomic mass is 32.2. The Balaban J connectivity index is 3.21. The molecule has 7 heteroatoms. The number of rotatable bonds is 7. The molecule has 1 aromatic rings. The summed E-state index contributed by atoms with van der Waals surface area (Å²) in [6.07, 6.45) is 0.595. The minimum absolute atomic E-state index is 0.192. The van der Waals surface area contributed by atoms with Gasteiger partial charge in [-0.2, -0.15) is 4.31 Å². The van der Waals surface area contributed by atoms with Crippen LogP contribution in [0.5, 0.6) is 0 Å². The number of nitrogens with two attached hydrogens (primary N) is 1. The lowest BCUT2D eigenvalue weighted by Crippen LogP contribution is -2.42. The number of halogens is 2. The molecule has 2 N–H and O–H groups in total. The Labute approximate surface area is 125 Å². The maximum absolute atomic E-state index is 13.3. The molecule has 0 atom stereocenters. The Morgan fingerprint density at radius 3 is 2.14 bits per heavy atom.